The van der Waals surface area contributed by atoms with Crippen molar-refractivity contribution in [2.75, 3.05) is 0 Å². The average Bonchev–Trinajstić information content (AvgIpc) is 2.16. The van der Waals surface area contributed by atoms with Crippen LogP contribution < -0.4 is 0 Å². The van der Waals surface area contributed by atoms with Crippen molar-refractivity contribution in [3.8, 4) is 0 Å². The maximum absolute atomic E-state index is 10.7. The van der Waals surface area contributed by atoms with Gasteiger partial charge >= 0.3 is 17.9 Å². The summed E-state index contributed by atoms with van der Waals surface area (Å²) in [5.41, 5.74) is -2.07. The van der Waals surface area contributed by atoms with E-state index in [0.717, 1.165) is 12.4 Å². The molecule has 7 heteroatoms. The van der Waals surface area contributed by atoms with E-state index in [1.807, 2.05) is 0 Å². The Balaban J connectivity index is 3.56. The van der Waals surface area contributed by atoms with Gasteiger partial charge in [0.25, 0.3) is 0 Å². The van der Waals surface area contributed by atoms with Crippen LogP contribution in [-0.2, 0) is 0 Å². The molecule has 15 heavy (non-hydrogen) atoms. The van der Waals surface area contributed by atoms with Gasteiger partial charge in [0.2, 0.25) is 0 Å². The highest BCUT2D eigenvalue weighted by atomic mass is 16.4. The van der Waals surface area contributed by atoms with Gasteiger partial charge in [-0.2, -0.15) is 0 Å². The number of carboxylic acids is 3. The molecule has 1 aromatic rings. The summed E-state index contributed by atoms with van der Waals surface area (Å²) in [5.74, 6) is -4.70. The van der Waals surface area contributed by atoms with Gasteiger partial charge in [0.05, 0.1) is 16.7 Å². The Morgan fingerprint density at radius 2 is 1.27 bits per heavy atom. The quantitative estimate of drug-likeness (QED) is 0.650. The number of aromatic carboxylic acids is 3. The molecule has 0 radical (unpaired) electrons. The normalized spacial score (nSPS) is 9.60. The van der Waals surface area contributed by atoms with Crippen LogP contribution in [0.1, 0.15) is 31.1 Å². The van der Waals surface area contributed by atoms with E-state index in [4.69, 9.17) is 15.3 Å². The van der Waals surface area contributed by atoms with Gasteiger partial charge in [-0.25, -0.2) is 14.4 Å². The second-order valence-electron chi connectivity index (χ2n) is 2.53. The zero-order valence-electron chi connectivity index (χ0n) is 7.17. The highest BCUT2D eigenvalue weighted by Crippen LogP contribution is 2.13. The summed E-state index contributed by atoms with van der Waals surface area (Å²) in [7, 11) is 0. The molecule has 0 aliphatic heterocycles. The maximum Gasteiger partial charge on any atom is 0.338 e. The average molecular weight is 211 g/mol. The lowest BCUT2D eigenvalue weighted by atomic mass is 10.0. The minimum Gasteiger partial charge on any atom is -0.478 e. The van der Waals surface area contributed by atoms with Crippen LogP contribution in [0.15, 0.2) is 12.4 Å². The molecular weight excluding hydrogens is 206 g/mol. The Kier molecular flexibility index (Phi) is 2.65. The molecule has 0 fully saturated rings. The van der Waals surface area contributed by atoms with E-state index in [2.05, 4.69) is 4.98 Å². The fraction of sp³-hybridized carbons (Fsp3) is 0. The summed E-state index contributed by atoms with van der Waals surface area (Å²) in [6.45, 7) is 0. The van der Waals surface area contributed by atoms with Crippen molar-refractivity contribution >= 4 is 17.9 Å². The van der Waals surface area contributed by atoms with Crippen LogP contribution in [-0.4, -0.2) is 38.2 Å². The van der Waals surface area contributed by atoms with Gasteiger partial charge in [-0.1, -0.05) is 0 Å². The van der Waals surface area contributed by atoms with Crippen LogP contribution in [0, 0.1) is 0 Å². The number of carbonyl (C=O) groups is 3. The zero-order valence-corrected chi connectivity index (χ0v) is 7.17. The second kappa shape index (κ2) is 3.74. The van der Waals surface area contributed by atoms with Crippen LogP contribution in [0.3, 0.4) is 0 Å². The molecule has 0 amide bonds. The van der Waals surface area contributed by atoms with Gasteiger partial charge in [0.1, 0.15) is 0 Å². The highest BCUT2D eigenvalue weighted by Gasteiger charge is 2.23. The molecule has 0 saturated carbocycles. The molecule has 1 aromatic heterocycles. The summed E-state index contributed by atoms with van der Waals surface area (Å²) in [6, 6.07) is 0. The van der Waals surface area contributed by atoms with Gasteiger partial charge in [0.15, 0.2) is 0 Å². The summed E-state index contributed by atoms with van der Waals surface area (Å²) in [5, 5.41) is 25.9. The largest absolute Gasteiger partial charge is 0.478 e. The van der Waals surface area contributed by atoms with E-state index < -0.39 is 34.6 Å². The van der Waals surface area contributed by atoms with Gasteiger partial charge in [-0.05, 0) is 0 Å². The standard InChI is InChI=1S/C8H5NO6/c10-6(11)3-1-9-2-4(7(12)13)5(3)8(14)15/h1-2H,(H,10,11)(H,12,13)(H,14,15). The molecule has 0 aliphatic carbocycles. The molecule has 3 N–H and O–H groups in total. The smallest absolute Gasteiger partial charge is 0.338 e. The van der Waals surface area contributed by atoms with E-state index in [1.165, 1.54) is 0 Å². The summed E-state index contributed by atoms with van der Waals surface area (Å²) < 4.78 is 0. The predicted molar refractivity (Wildman–Crippen MR) is 45.1 cm³/mol. The first kappa shape index (κ1) is 10.6. The van der Waals surface area contributed by atoms with Crippen molar-refractivity contribution in [1.82, 2.24) is 4.98 Å². The van der Waals surface area contributed by atoms with Gasteiger partial charge in [-0.15, -0.1) is 0 Å². The van der Waals surface area contributed by atoms with Gasteiger partial charge in [-0.3, -0.25) is 4.98 Å². The SMILES string of the molecule is O=C(O)c1cncc(C(=O)O)c1C(=O)O. The first-order chi connectivity index (χ1) is 6.95. The third-order valence-electron chi connectivity index (χ3n) is 1.62. The molecule has 0 spiro atoms. The van der Waals surface area contributed by atoms with Crippen molar-refractivity contribution in [3.63, 3.8) is 0 Å². The molecule has 0 atom stereocenters. The van der Waals surface area contributed by atoms with Gasteiger partial charge < -0.3 is 15.3 Å². The highest BCUT2D eigenvalue weighted by molar-refractivity contribution is 6.08. The molecule has 0 aromatic carbocycles. The summed E-state index contributed by atoms with van der Waals surface area (Å²) >= 11 is 0. The number of hydrogen-bond donors (Lipinski definition) is 3. The molecule has 7 nitrogen and oxygen atoms in total. The van der Waals surface area contributed by atoms with Crippen molar-refractivity contribution in [1.29, 1.82) is 0 Å². The number of aromatic nitrogens is 1. The molecule has 0 saturated heterocycles. The van der Waals surface area contributed by atoms with Crippen LogP contribution >= 0.6 is 0 Å². The number of nitrogens with zero attached hydrogens (tertiary/aromatic N) is 1. The Morgan fingerprint density at radius 1 is 0.867 bits per heavy atom. The van der Waals surface area contributed by atoms with Gasteiger partial charge in [0, 0.05) is 12.4 Å². The number of carboxylic acid groups (broad SMARTS) is 3. The second-order valence-corrected chi connectivity index (χ2v) is 2.53. The monoisotopic (exact) mass is 211 g/mol. The van der Waals surface area contributed by atoms with Crippen molar-refractivity contribution < 1.29 is 29.7 Å². The predicted octanol–water partition coefficient (Wildman–Crippen LogP) is 0.176. The lowest BCUT2D eigenvalue weighted by Crippen LogP contribution is -2.15. The number of rotatable bonds is 3. The first-order valence-electron chi connectivity index (χ1n) is 3.63. The number of pyridine rings is 1. The Bertz CT molecular complexity index is 420. The van der Waals surface area contributed by atoms with Crippen LogP contribution in [0.25, 0.3) is 0 Å². The van der Waals surface area contributed by atoms with E-state index in [0.29, 0.717) is 0 Å². The van der Waals surface area contributed by atoms with E-state index in [9.17, 15) is 14.4 Å². The fourth-order valence-corrected chi connectivity index (χ4v) is 1.02. The minimum atomic E-state index is -1.62. The first-order valence-corrected chi connectivity index (χ1v) is 3.63. The third-order valence-corrected chi connectivity index (χ3v) is 1.62. The molecule has 0 aliphatic rings. The Morgan fingerprint density at radius 3 is 1.53 bits per heavy atom. The van der Waals surface area contributed by atoms with Crippen LogP contribution in [0.2, 0.25) is 0 Å². The van der Waals surface area contributed by atoms with Crippen molar-refractivity contribution in [3.05, 3.63) is 29.1 Å². The molecule has 0 unspecified atom stereocenters. The lowest BCUT2D eigenvalue weighted by molar-refractivity contribution is 0.0632. The van der Waals surface area contributed by atoms with E-state index in [1.54, 1.807) is 0 Å². The minimum absolute atomic E-state index is 0.651. The molecular formula is C8H5NO6. The van der Waals surface area contributed by atoms with Crippen molar-refractivity contribution in [2.45, 2.75) is 0 Å². The fourth-order valence-electron chi connectivity index (χ4n) is 1.02. The van der Waals surface area contributed by atoms with Crippen LogP contribution in [0.5, 0.6) is 0 Å². The lowest BCUT2D eigenvalue weighted by Gasteiger charge is -2.03. The molecule has 78 valence electrons. The zero-order chi connectivity index (χ0) is 11.6. The van der Waals surface area contributed by atoms with Crippen molar-refractivity contribution in [2.24, 2.45) is 0 Å². The topological polar surface area (TPSA) is 125 Å². The summed E-state index contributed by atoms with van der Waals surface area (Å²) in [4.78, 5) is 35.3. The van der Waals surface area contributed by atoms with Crippen LogP contribution in [0.4, 0.5) is 0 Å². The number of hydrogen-bond acceptors (Lipinski definition) is 4. The Labute approximate surface area is 82.6 Å². The third kappa shape index (κ3) is 1.90. The maximum atomic E-state index is 10.7. The van der Waals surface area contributed by atoms with E-state index >= 15 is 0 Å². The van der Waals surface area contributed by atoms with E-state index in [-0.39, 0.29) is 0 Å². The summed E-state index contributed by atoms with van der Waals surface area (Å²) in [6.07, 6.45) is 1.58. The molecule has 1 rings (SSSR count). The Hall–Kier alpha value is -2.44. The molecule has 1 heterocycles. The molecule has 0 bridgehead atoms.